The summed E-state index contributed by atoms with van der Waals surface area (Å²) in [5.74, 6) is 0.926. The number of rotatable bonds is 1. The predicted octanol–water partition coefficient (Wildman–Crippen LogP) is 2.03. The van der Waals surface area contributed by atoms with Gasteiger partial charge >= 0.3 is 0 Å². The molecular weight excluding hydrogens is 104 g/mol. The fraction of sp³-hybridized carbons (Fsp3) is 0.667. The van der Waals surface area contributed by atoms with Crippen molar-refractivity contribution in [2.75, 3.05) is 5.75 Å². The Bertz CT molecular complexity index is 78.2. The molecule has 1 rings (SSSR count). The Kier molecular flexibility index (Phi) is 1.80. The van der Waals surface area contributed by atoms with Gasteiger partial charge in [0.15, 0.2) is 0 Å². The average Bonchev–Trinajstić information content (AvgIpc) is 1.55. The lowest BCUT2D eigenvalue weighted by molar-refractivity contribution is 0.661. The maximum Gasteiger partial charge on any atom is 0.00851 e. The van der Waals surface area contributed by atoms with Gasteiger partial charge in [-0.3, -0.25) is 0 Å². The topological polar surface area (TPSA) is 0 Å². The van der Waals surface area contributed by atoms with Crippen molar-refractivity contribution >= 4 is 12.6 Å². The Morgan fingerprint density at radius 2 is 2.29 bits per heavy atom. The summed E-state index contributed by atoms with van der Waals surface area (Å²) in [5, 5.41) is 0. The lowest BCUT2D eigenvalue weighted by atomic mass is 9.93. The average molecular weight is 114 g/mol. The molecule has 0 amide bonds. The van der Waals surface area contributed by atoms with Crippen molar-refractivity contribution < 1.29 is 0 Å². The third-order valence-corrected chi connectivity index (χ3v) is 1.56. The van der Waals surface area contributed by atoms with Crippen molar-refractivity contribution in [3.63, 3.8) is 0 Å². The second-order valence-electron chi connectivity index (χ2n) is 1.90. The van der Waals surface area contributed by atoms with Crippen molar-refractivity contribution in [3.8, 4) is 0 Å². The van der Waals surface area contributed by atoms with Crippen LogP contribution in [0, 0.1) is 0 Å². The van der Waals surface area contributed by atoms with E-state index in [0.717, 1.165) is 5.75 Å². The molecule has 1 heteroatoms. The highest BCUT2D eigenvalue weighted by Gasteiger charge is 2.05. The molecule has 1 saturated carbocycles. The van der Waals surface area contributed by atoms with Crippen molar-refractivity contribution in [1.82, 2.24) is 0 Å². The van der Waals surface area contributed by atoms with E-state index in [4.69, 9.17) is 0 Å². The molecule has 0 heterocycles. The molecule has 0 bridgehead atoms. The van der Waals surface area contributed by atoms with Gasteiger partial charge in [-0.05, 0) is 19.3 Å². The maximum atomic E-state index is 4.07. The molecule has 0 radical (unpaired) electrons. The van der Waals surface area contributed by atoms with E-state index in [1.165, 1.54) is 19.3 Å². The zero-order valence-electron chi connectivity index (χ0n) is 4.35. The van der Waals surface area contributed by atoms with Gasteiger partial charge < -0.3 is 0 Å². The number of allylic oxidation sites excluding steroid dienone is 1. The Labute approximate surface area is 50.0 Å². The van der Waals surface area contributed by atoms with Crippen molar-refractivity contribution in [3.05, 3.63) is 11.6 Å². The van der Waals surface area contributed by atoms with Gasteiger partial charge in [0.05, 0.1) is 0 Å². The molecule has 0 unspecified atom stereocenters. The van der Waals surface area contributed by atoms with Gasteiger partial charge in [-0.1, -0.05) is 11.6 Å². The van der Waals surface area contributed by atoms with Crippen LogP contribution in [0.15, 0.2) is 11.6 Å². The van der Waals surface area contributed by atoms with Gasteiger partial charge in [-0.25, -0.2) is 0 Å². The van der Waals surface area contributed by atoms with E-state index < -0.39 is 0 Å². The lowest BCUT2D eigenvalue weighted by Crippen LogP contribution is -1.95. The molecule has 0 aromatic rings. The van der Waals surface area contributed by atoms with Crippen LogP contribution in [0.1, 0.15) is 19.3 Å². The third-order valence-electron chi connectivity index (χ3n) is 1.38. The Morgan fingerprint density at radius 3 is 2.43 bits per heavy atom. The molecule has 1 aliphatic rings. The van der Waals surface area contributed by atoms with Gasteiger partial charge in [0.1, 0.15) is 0 Å². The van der Waals surface area contributed by atoms with Crippen LogP contribution in [0.4, 0.5) is 0 Å². The first kappa shape index (κ1) is 5.23. The summed E-state index contributed by atoms with van der Waals surface area (Å²) >= 11 is 4.07. The van der Waals surface area contributed by atoms with Crippen molar-refractivity contribution in [1.29, 1.82) is 0 Å². The SMILES string of the molecule is SCC=C1CCC1. The summed E-state index contributed by atoms with van der Waals surface area (Å²) in [6.45, 7) is 0. The minimum Gasteiger partial charge on any atom is -0.175 e. The van der Waals surface area contributed by atoms with Crippen molar-refractivity contribution in [2.24, 2.45) is 0 Å². The molecule has 0 aliphatic heterocycles. The minimum atomic E-state index is 0.926. The van der Waals surface area contributed by atoms with Crippen LogP contribution >= 0.6 is 12.6 Å². The first-order valence-corrected chi connectivity index (χ1v) is 3.35. The molecular formula is C6H10S. The molecule has 0 aromatic heterocycles. The first-order valence-electron chi connectivity index (χ1n) is 2.72. The maximum absolute atomic E-state index is 4.07. The van der Waals surface area contributed by atoms with E-state index in [-0.39, 0.29) is 0 Å². The molecule has 1 fully saturated rings. The summed E-state index contributed by atoms with van der Waals surface area (Å²) in [6, 6.07) is 0. The quantitative estimate of drug-likeness (QED) is 0.391. The number of hydrogen-bond donors (Lipinski definition) is 1. The van der Waals surface area contributed by atoms with E-state index >= 15 is 0 Å². The lowest BCUT2D eigenvalue weighted by Gasteiger charge is -2.14. The van der Waals surface area contributed by atoms with E-state index in [2.05, 4.69) is 18.7 Å². The standard InChI is InChI=1S/C6H10S/c7-5-4-6-2-1-3-6/h4,7H,1-3,5H2. The summed E-state index contributed by atoms with van der Waals surface area (Å²) < 4.78 is 0. The highest BCUT2D eigenvalue weighted by molar-refractivity contribution is 7.80. The molecule has 0 N–H and O–H groups in total. The molecule has 0 saturated heterocycles. The second-order valence-corrected chi connectivity index (χ2v) is 2.26. The molecule has 0 spiro atoms. The second kappa shape index (κ2) is 2.41. The predicted molar refractivity (Wildman–Crippen MR) is 35.8 cm³/mol. The van der Waals surface area contributed by atoms with Crippen LogP contribution in [0.3, 0.4) is 0 Å². The highest BCUT2D eigenvalue weighted by atomic mass is 32.1. The number of hydrogen-bond acceptors (Lipinski definition) is 1. The first-order chi connectivity index (χ1) is 3.43. The van der Waals surface area contributed by atoms with Crippen LogP contribution in [-0.4, -0.2) is 5.75 Å². The van der Waals surface area contributed by atoms with Crippen LogP contribution in [0.25, 0.3) is 0 Å². The molecule has 0 atom stereocenters. The van der Waals surface area contributed by atoms with E-state index in [9.17, 15) is 0 Å². The summed E-state index contributed by atoms with van der Waals surface area (Å²) in [6.07, 6.45) is 6.29. The molecule has 1 aliphatic carbocycles. The van der Waals surface area contributed by atoms with E-state index in [1.54, 1.807) is 5.57 Å². The molecule has 0 nitrogen and oxygen atoms in total. The van der Waals surface area contributed by atoms with Crippen molar-refractivity contribution in [2.45, 2.75) is 19.3 Å². The van der Waals surface area contributed by atoms with E-state index in [1.807, 2.05) is 0 Å². The molecule has 0 aromatic carbocycles. The Morgan fingerprint density at radius 1 is 1.57 bits per heavy atom. The van der Waals surface area contributed by atoms with Gasteiger partial charge in [0, 0.05) is 5.75 Å². The molecule has 7 heavy (non-hydrogen) atoms. The van der Waals surface area contributed by atoms with Gasteiger partial charge in [-0.2, -0.15) is 12.6 Å². The Hall–Kier alpha value is 0.0900. The minimum absolute atomic E-state index is 0.926. The third kappa shape index (κ3) is 1.23. The zero-order valence-corrected chi connectivity index (χ0v) is 5.25. The van der Waals surface area contributed by atoms with Gasteiger partial charge in [-0.15, -0.1) is 0 Å². The number of thiol groups is 1. The fourth-order valence-corrected chi connectivity index (χ4v) is 0.972. The summed E-state index contributed by atoms with van der Waals surface area (Å²) in [5.41, 5.74) is 1.61. The zero-order chi connectivity index (χ0) is 5.11. The smallest absolute Gasteiger partial charge is 0.00851 e. The van der Waals surface area contributed by atoms with Crippen LogP contribution in [-0.2, 0) is 0 Å². The van der Waals surface area contributed by atoms with Crippen LogP contribution in [0.2, 0.25) is 0 Å². The van der Waals surface area contributed by atoms with Crippen LogP contribution in [0.5, 0.6) is 0 Å². The van der Waals surface area contributed by atoms with Gasteiger partial charge in [0.2, 0.25) is 0 Å². The summed E-state index contributed by atoms with van der Waals surface area (Å²) in [4.78, 5) is 0. The summed E-state index contributed by atoms with van der Waals surface area (Å²) in [7, 11) is 0. The van der Waals surface area contributed by atoms with E-state index in [0.29, 0.717) is 0 Å². The van der Waals surface area contributed by atoms with Crippen LogP contribution < -0.4 is 0 Å². The largest absolute Gasteiger partial charge is 0.175 e. The fourth-order valence-electron chi connectivity index (χ4n) is 0.714. The highest BCUT2D eigenvalue weighted by Crippen LogP contribution is 2.24. The Balaban J connectivity index is 2.23. The molecule has 40 valence electrons. The monoisotopic (exact) mass is 114 g/mol. The van der Waals surface area contributed by atoms with Gasteiger partial charge in [0.25, 0.3) is 0 Å². The normalized spacial score (nSPS) is 18.7.